The van der Waals surface area contributed by atoms with E-state index in [1.165, 1.54) is 16.8 Å². The highest BCUT2D eigenvalue weighted by Gasteiger charge is 2.27. The van der Waals surface area contributed by atoms with Gasteiger partial charge in [0.05, 0.1) is 12.1 Å². The van der Waals surface area contributed by atoms with Crippen molar-refractivity contribution < 1.29 is 14.3 Å². The highest BCUT2D eigenvalue weighted by Crippen LogP contribution is 2.31. The van der Waals surface area contributed by atoms with Crippen molar-refractivity contribution in [3.63, 3.8) is 0 Å². The molecule has 1 aromatic rings. The fraction of sp³-hybridized carbons (Fsp3) is 0.652. The summed E-state index contributed by atoms with van der Waals surface area (Å²) in [6.07, 6.45) is 3.02. The first-order valence-electron chi connectivity index (χ1n) is 11.5. The Balaban J connectivity index is 1.40. The van der Waals surface area contributed by atoms with E-state index in [0.29, 0.717) is 13.1 Å². The standard InChI is InChI=1S/C23H35N5O3/c1-26-9-11-28(12-10-26)21(17-5-6-20-18(14-17)7-8-27(20)2)16-25-23(30)22(29)24-15-19-4-3-13-31-19/h5-6,14,19,21H,3-4,7-13,15-16H2,1-2H3,(H,24,29)(H,25,30). The minimum atomic E-state index is -0.580. The number of anilines is 1. The Morgan fingerprint density at radius 3 is 2.61 bits per heavy atom. The molecule has 2 unspecified atom stereocenters. The van der Waals surface area contributed by atoms with Crippen molar-refractivity contribution in [2.45, 2.75) is 31.4 Å². The number of fused-ring (bicyclic) bond motifs is 1. The largest absolute Gasteiger partial charge is 0.376 e. The van der Waals surface area contributed by atoms with Crippen LogP contribution in [0.5, 0.6) is 0 Å². The molecule has 1 aromatic carbocycles. The third kappa shape index (κ3) is 5.37. The molecule has 0 saturated carbocycles. The van der Waals surface area contributed by atoms with Gasteiger partial charge >= 0.3 is 11.8 Å². The van der Waals surface area contributed by atoms with E-state index in [9.17, 15) is 9.59 Å². The molecule has 2 saturated heterocycles. The van der Waals surface area contributed by atoms with Gasteiger partial charge in [0, 0.05) is 65.2 Å². The Bertz CT molecular complexity index is 787. The van der Waals surface area contributed by atoms with Gasteiger partial charge in [0.2, 0.25) is 0 Å². The molecule has 8 nitrogen and oxygen atoms in total. The van der Waals surface area contributed by atoms with Crippen LogP contribution in [0.4, 0.5) is 5.69 Å². The number of carbonyl (C=O) groups excluding carboxylic acids is 2. The van der Waals surface area contributed by atoms with Crippen LogP contribution in [0, 0.1) is 0 Å². The average Bonchev–Trinajstić information content (AvgIpc) is 3.43. The second-order valence-electron chi connectivity index (χ2n) is 8.97. The molecule has 4 rings (SSSR count). The Kier molecular flexibility index (Phi) is 7.09. The van der Waals surface area contributed by atoms with Crippen LogP contribution < -0.4 is 15.5 Å². The summed E-state index contributed by atoms with van der Waals surface area (Å²) in [5.41, 5.74) is 3.86. The van der Waals surface area contributed by atoms with Crippen LogP contribution in [0.3, 0.4) is 0 Å². The molecule has 3 heterocycles. The highest BCUT2D eigenvalue weighted by atomic mass is 16.5. The summed E-state index contributed by atoms with van der Waals surface area (Å²) in [4.78, 5) is 31.7. The molecular weight excluding hydrogens is 394 g/mol. The molecule has 2 fully saturated rings. The molecular formula is C23H35N5O3. The number of likely N-dealkylation sites (N-methyl/N-ethyl adjacent to an activating group) is 2. The molecule has 3 aliphatic heterocycles. The van der Waals surface area contributed by atoms with Crippen molar-refractivity contribution in [2.24, 2.45) is 0 Å². The van der Waals surface area contributed by atoms with Crippen molar-refractivity contribution in [1.82, 2.24) is 20.4 Å². The lowest BCUT2D eigenvalue weighted by molar-refractivity contribution is -0.139. The van der Waals surface area contributed by atoms with Crippen LogP contribution in [-0.4, -0.2) is 94.2 Å². The zero-order valence-electron chi connectivity index (χ0n) is 18.7. The maximum absolute atomic E-state index is 12.5. The van der Waals surface area contributed by atoms with Gasteiger partial charge in [-0.15, -0.1) is 0 Å². The predicted molar refractivity (Wildman–Crippen MR) is 120 cm³/mol. The van der Waals surface area contributed by atoms with Crippen molar-refractivity contribution in [2.75, 3.05) is 71.4 Å². The lowest BCUT2D eigenvalue weighted by Gasteiger charge is -2.38. The maximum Gasteiger partial charge on any atom is 0.309 e. The van der Waals surface area contributed by atoms with Gasteiger partial charge in [-0.2, -0.15) is 0 Å². The van der Waals surface area contributed by atoms with Gasteiger partial charge in [-0.25, -0.2) is 0 Å². The zero-order valence-corrected chi connectivity index (χ0v) is 18.7. The first-order valence-corrected chi connectivity index (χ1v) is 11.5. The van der Waals surface area contributed by atoms with Crippen LogP contribution in [0.1, 0.15) is 30.0 Å². The molecule has 0 bridgehead atoms. The predicted octanol–water partition coefficient (Wildman–Crippen LogP) is 0.379. The van der Waals surface area contributed by atoms with Gasteiger partial charge in [-0.05, 0) is 43.5 Å². The average molecular weight is 430 g/mol. The Labute approximate surface area is 184 Å². The molecule has 2 atom stereocenters. The summed E-state index contributed by atoms with van der Waals surface area (Å²) in [5, 5.41) is 5.59. The molecule has 0 aromatic heterocycles. The summed E-state index contributed by atoms with van der Waals surface area (Å²) in [6, 6.07) is 6.70. The molecule has 0 radical (unpaired) electrons. The van der Waals surface area contributed by atoms with Crippen LogP contribution in [-0.2, 0) is 20.7 Å². The SMILES string of the molecule is CN1CCN(C(CNC(=O)C(=O)NCC2CCCO2)c2ccc3c(c2)CCN3C)CC1. The second-order valence-corrected chi connectivity index (χ2v) is 8.97. The van der Waals surface area contributed by atoms with Crippen LogP contribution in [0.2, 0.25) is 0 Å². The Morgan fingerprint density at radius 1 is 1.10 bits per heavy atom. The van der Waals surface area contributed by atoms with Crippen molar-refractivity contribution in [3.05, 3.63) is 29.3 Å². The van der Waals surface area contributed by atoms with E-state index in [2.05, 4.69) is 57.6 Å². The number of benzene rings is 1. The third-order valence-corrected chi connectivity index (χ3v) is 6.77. The van der Waals surface area contributed by atoms with Gasteiger partial charge in [0.15, 0.2) is 0 Å². The van der Waals surface area contributed by atoms with E-state index < -0.39 is 11.8 Å². The number of amides is 2. The number of piperazine rings is 1. The van der Waals surface area contributed by atoms with Crippen molar-refractivity contribution in [3.8, 4) is 0 Å². The first-order chi connectivity index (χ1) is 15.0. The summed E-state index contributed by atoms with van der Waals surface area (Å²) in [6.45, 7) is 6.48. The quantitative estimate of drug-likeness (QED) is 0.637. The minimum Gasteiger partial charge on any atom is -0.376 e. The molecule has 3 aliphatic rings. The van der Waals surface area contributed by atoms with E-state index in [4.69, 9.17) is 4.74 Å². The first kappa shape index (κ1) is 22.0. The maximum atomic E-state index is 12.5. The van der Waals surface area contributed by atoms with E-state index in [1.54, 1.807) is 0 Å². The fourth-order valence-corrected chi connectivity index (χ4v) is 4.75. The summed E-state index contributed by atoms with van der Waals surface area (Å²) < 4.78 is 5.51. The number of rotatable bonds is 6. The number of carbonyl (C=O) groups is 2. The monoisotopic (exact) mass is 429 g/mol. The van der Waals surface area contributed by atoms with E-state index in [1.807, 2.05) is 0 Å². The molecule has 2 N–H and O–H groups in total. The second kappa shape index (κ2) is 9.97. The van der Waals surface area contributed by atoms with E-state index in [0.717, 1.165) is 58.6 Å². The lowest BCUT2D eigenvalue weighted by atomic mass is 10.00. The number of hydrogen-bond donors (Lipinski definition) is 2. The summed E-state index contributed by atoms with van der Waals surface area (Å²) >= 11 is 0. The topological polar surface area (TPSA) is 77.1 Å². The zero-order chi connectivity index (χ0) is 21.8. The van der Waals surface area contributed by atoms with Gasteiger partial charge in [-0.3, -0.25) is 14.5 Å². The van der Waals surface area contributed by atoms with Crippen LogP contribution in [0.15, 0.2) is 18.2 Å². The molecule has 0 spiro atoms. The van der Waals surface area contributed by atoms with Gasteiger partial charge in [-0.1, -0.05) is 12.1 Å². The van der Waals surface area contributed by atoms with E-state index >= 15 is 0 Å². The highest BCUT2D eigenvalue weighted by molar-refractivity contribution is 6.35. The Hall–Kier alpha value is -2.16. The summed E-state index contributed by atoms with van der Waals surface area (Å²) in [7, 11) is 4.26. The summed E-state index contributed by atoms with van der Waals surface area (Å²) in [5.74, 6) is -1.15. The normalized spacial score (nSPS) is 22.9. The molecule has 0 aliphatic carbocycles. The van der Waals surface area contributed by atoms with Gasteiger partial charge in [0.1, 0.15) is 0 Å². The number of ether oxygens (including phenoxy) is 1. The molecule has 31 heavy (non-hydrogen) atoms. The number of nitrogens with zero attached hydrogens (tertiary/aromatic N) is 3. The number of hydrogen-bond acceptors (Lipinski definition) is 6. The number of nitrogens with one attached hydrogen (secondary N) is 2. The smallest absolute Gasteiger partial charge is 0.309 e. The Morgan fingerprint density at radius 2 is 1.87 bits per heavy atom. The van der Waals surface area contributed by atoms with Crippen molar-refractivity contribution in [1.29, 1.82) is 0 Å². The van der Waals surface area contributed by atoms with Crippen molar-refractivity contribution >= 4 is 17.5 Å². The minimum absolute atomic E-state index is 0.0272. The molecule has 170 valence electrons. The fourth-order valence-electron chi connectivity index (χ4n) is 4.75. The third-order valence-electron chi connectivity index (χ3n) is 6.77. The molecule has 2 amide bonds. The van der Waals surface area contributed by atoms with Crippen LogP contribution in [0.25, 0.3) is 0 Å². The molecule has 8 heteroatoms. The van der Waals surface area contributed by atoms with E-state index in [-0.39, 0.29) is 12.1 Å². The van der Waals surface area contributed by atoms with Crippen LogP contribution >= 0.6 is 0 Å². The lowest BCUT2D eigenvalue weighted by Crippen LogP contribution is -2.50. The van der Waals surface area contributed by atoms with Gasteiger partial charge < -0.3 is 25.2 Å². The van der Waals surface area contributed by atoms with Gasteiger partial charge in [0.25, 0.3) is 0 Å².